The average molecular weight is 140 g/mol. The lowest BCUT2D eigenvalue weighted by atomic mass is 10.00. The third kappa shape index (κ3) is 1.28. The van der Waals surface area contributed by atoms with Gasteiger partial charge in [0.1, 0.15) is 5.54 Å². The van der Waals surface area contributed by atoms with E-state index in [0.29, 0.717) is 6.42 Å². The molecule has 2 atom stereocenters. The Hall–Kier alpha value is -0.590. The minimum absolute atomic E-state index is 0.167. The maximum Gasteiger partial charge on any atom is 0.104 e. The van der Waals surface area contributed by atoms with Gasteiger partial charge in [-0.15, -0.1) is 0 Å². The van der Waals surface area contributed by atoms with Gasteiger partial charge in [-0.25, -0.2) is 0 Å². The lowest BCUT2D eigenvalue weighted by molar-refractivity contribution is 0.226. The Bertz CT molecular complexity index is 163. The second kappa shape index (κ2) is 2.57. The summed E-state index contributed by atoms with van der Waals surface area (Å²) in [6, 6.07) is 2.07. The summed E-state index contributed by atoms with van der Waals surface area (Å²) in [4.78, 5) is 0. The van der Waals surface area contributed by atoms with Crippen LogP contribution in [0.1, 0.15) is 19.3 Å². The zero-order valence-electron chi connectivity index (χ0n) is 5.88. The molecule has 3 heteroatoms. The van der Waals surface area contributed by atoms with Gasteiger partial charge in [-0.1, -0.05) is 0 Å². The van der Waals surface area contributed by atoms with Gasteiger partial charge >= 0.3 is 0 Å². The van der Waals surface area contributed by atoms with Crippen LogP contribution in [0.25, 0.3) is 0 Å². The molecule has 1 aliphatic carbocycles. The Kier molecular flexibility index (Phi) is 1.93. The second-order valence-corrected chi connectivity index (χ2v) is 3.06. The molecule has 1 fully saturated rings. The molecule has 0 aromatic heterocycles. The van der Waals surface area contributed by atoms with Gasteiger partial charge < -0.3 is 10.8 Å². The van der Waals surface area contributed by atoms with Crippen LogP contribution in [-0.2, 0) is 0 Å². The van der Waals surface area contributed by atoms with Crippen molar-refractivity contribution in [3.63, 3.8) is 0 Å². The number of nitrogens with zero attached hydrogens (tertiary/aromatic N) is 1. The molecule has 0 radical (unpaired) electrons. The quantitative estimate of drug-likeness (QED) is 0.538. The first-order valence-electron chi connectivity index (χ1n) is 3.51. The molecule has 0 heterocycles. The molecule has 3 N–H and O–H groups in total. The molecule has 10 heavy (non-hydrogen) atoms. The highest BCUT2D eigenvalue weighted by atomic mass is 16.3. The Balaban J connectivity index is 2.51. The summed E-state index contributed by atoms with van der Waals surface area (Å²) < 4.78 is 0. The molecular formula is C7H12N2O. The summed E-state index contributed by atoms with van der Waals surface area (Å²) in [7, 11) is 0. The van der Waals surface area contributed by atoms with E-state index in [-0.39, 0.29) is 12.5 Å². The first-order chi connectivity index (χ1) is 4.70. The van der Waals surface area contributed by atoms with Crippen LogP contribution in [0.5, 0.6) is 0 Å². The zero-order valence-corrected chi connectivity index (χ0v) is 5.88. The Morgan fingerprint density at radius 1 is 1.80 bits per heavy atom. The molecule has 1 saturated carbocycles. The Morgan fingerprint density at radius 2 is 2.50 bits per heavy atom. The van der Waals surface area contributed by atoms with Crippen molar-refractivity contribution < 1.29 is 5.11 Å². The third-order valence-electron chi connectivity index (χ3n) is 2.13. The van der Waals surface area contributed by atoms with Gasteiger partial charge in [-0.05, 0) is 25.2 Å². The van der Waals surface area contributed by atoms with Gasteiger partial charge in [-0.2, -0.15) is 5.26 Å². The zero-order chi connectivity index (χ0) is 7.61. The highest BCUT2D eigenvalue weighted by Gasteiger charge is 2.35. The van der Waals surface area contributed by atoms with Crippen molar-refractivity contribution in [2.75, 3.05) is 6.61 Å². The molecule has 0 aromatic carbocycles. The number of aliphatic hydroxyl groups excluding tert-OH is 1. The van der Waals surface area contributed by atoms with Crippen LogP contribution in [0.2, 0.25) is 0 Å². The van der Waals surface area contributed by atoms with E-state index < -0.39 is 5.54 Å². The first-order valence-corrected chi connectivity index (χ1v) is 3.51. The molecule has 0 spiro atoms. The number of hydrogen-bond donors (Lipinski definition) is 2. The van der Waals surface area contributed by atoms with Crippen molar-refractivity contribution in [3.05, 3.63) is 0 Å². The van der Waals surface area contributed by atoms with Gasteiger partial charge in [0.05, 0.1) is 6.07 Å². The fourth-order valence-corrected chi connectivity index (χ4v) is 1.44. The van der Waals surface area contributed by atoms with Crippen molar-refractivity contribution in [2.24, 2.45) is 11.7 Å². The lowest BCUT2D eigenvalue weighted by Gasteiger charge is -2.12. The molecular weight excluding hydrogens is 128 g/mol. The standard InChI is InChI=1S/C7H12N2O/c8-5-7(9)2-1-6(3-7)4-10/h6,10H,1-4,9H2. The molecule has 0 amide bonds. The number of aliphatic hydroxyl groups is 1. The Labute approximate surface area is 60.4 Å². The second-order valence-electron chi connectivity index (χ2n) is 3.06. The number of hydrogen-bond acceptors (Lipinski definition) is 3. The smallest absolute Gasteiger partial charge is 0.104 e. The summed E-state index contributed by atoms with van der Waals surface area (Å²) in [5.41, 5.74) is 5.01. The molecule has 0 aliphatic heterocycles. The van der Waals surface area contributed by atoms with Crippen molar-refractivity contribution in [3.8, 4) is 6.07 Å². The molecule has 0 saturated heterocycles. The fraction of sp³-hybridized carbons (Fsp3) is 0.857. The lowest BCUT2D eigenvalue weighted by Crippen LogP contribution is -2.34. The molecule has 1 aliphatic rings. The molecule has 2 unspecified atom stereocenters. The highest BCUT2D eigenvalue weighted by molar-refractivity contribution is 5.09. The van der Waals surface area contributed by atoms with E-state index in [0.717, 1.165) is 12.8 Å². The van der Waals surface area contributed by atoms with Crippen molar-refractivity contribution in [1.82, 2.24) is 0 Å². The van der Waals surface area contributed by atoms with E-state index in [2.05, 4.69) is 6.07 Å². The average Bonchev–Trinajstić information content (AvgIpc) is 2.33. The third-order valence-corrected chi connectivity index (χ3v) is 2.13. The molecule has 0 aromatic rings. The van der Waals surface area contributed by atoms with Gasteiger partial charge in [0.25, 0.3) is 0 Å². The predicted molar refractivity (Wildman–Crippen MR) is 37.0 cm³/mol. The maximum atomic E-state index is 8.73. The van der Waals surface area contributed by atoms with Gasteiger partial charge in [-0.3, -0.25) is 0 Å². The van der Waals surface area contributed by atoms with Crippen molar-refractivity contribution in [2.45, 2.75) is 24.8 Å². The van der Waals surface area contributed by atoms with Crippen molar-refractivity contribution >= 4 is 0 Å². The van der Waals surface area contributed by atoms with Crippen LogP contribution in [0.3, 0.4) is 0 Å². The predicted octanol–water partition coefficient (Wildman–Crippen LogP) is -0.000120. The largest absolute Gasteiger partial charge is 0.396 e. The van der Waals surface area contributed by atoms with Crippen LogP contribution < -0.4 is 5.73 Å². The Morgan fingerprint density at radius 3 is 2.80 bits per heavy atom. The first kappa shape index (κ1) is 7.52. The number of rotatable bonds is 1. The van der Waals surface area contributed by atoms with Crippen LogP contribution in [0, 0.1) is 17.2 Å². The van der Waals surface area contributed by atoms with E-state index >= 15 is 0 Å². The van der Waals surface area contributed by atoms with Crippen LogP contribution >= 0.6 is 0 Å². The minimum atomic E-state index is -0.645. The van der Waals surface area contributed by atoms with E-state index in [4.69, 9.17) is 16.1 Å². The van der Waals surface area contributed by atoms with Gasteiger partial charge in [0, 0.05) is 6.61 Å². The van der Waals surface area contributed by atoms with Crippen LogP contribution in [0.15, 0.2) is 0 Å². The molecule has 0 bridgehead atoms. The summed E-state index contributed by atoms with van der Waals surface area (Å²) in [5.74, 6) is 0.254. The van der Waals surface area contributed by atoms with Gasteiger partial charge in [0.15, 0.2) is 0 Å². The molecule has 3 nitrogen and oxygen atoms in total. The minimum Gasteiger partial charge on any atom is -0.396 e. The number of nitrogens with two attached hydrogens (primary N) is 1. The summed E-state index contributed by atoms with van der Waals surface area (Å²) in [6.07, 6.45) is 2.27. The SMILES string of the molecule is N#CC1(N)CCC(CO)C1. The topological polar surface area (TPSA) is 70.0 Å². The molecule has 1 rings (SSSR count). The van der Waals surface area contributed by atoms with Crippen LogP contribution in [-0.4, -0.2) is 17.3 Å². The summed E-state index contributed by atoms with van der Waals surface area (Å²) in [6.45, 7) is 0.167. The normalized spacial score (nSPS) is 39.5. The fourth-order valence-electron chi connectivity index (χ4n) is 1.44. The monoisotopic (exact) mass is 140 g/mol. The molecule has 56 valence electrons. The van der Waals surface area contributed by atoms with Gasteiger partial charge in [0.2, 0.25) is 0 Å². The maximum absolute atomic E-state index is 8.73. The number of nitriles is 1. The van der Waals surface area contributed by atoms with Crippen LogP contribution in [0.4, 0.5) is 0 Å². The summed E-state index contributed by atoms with van der Waals surface area (Å²) in [5, 5.41) is 17.3. The van der Waals surface area contributed by atoms with E-state index in [1.165, 1.54) is 0 Å². The van der Waals surface area contributed by atoms with E-state index in [1.807, 2.05) is 0 Å². The van der Waals surface area contributed by atoms with Crippen molar-refractivity contribution in [1.29, 1.82) is 5.26 Å². The van der Waals surface area contributed by atoms with E-state index in [9.17, 15) is 0 Å². The highest BCUT2D eigenvalue weighted by Crippen LogP contribution is 2.31. The van der Waals surface area contributed by atoms with E-state index in [1.54, 1.807) is 0 Å². The summed E-state index contributed by atoms with van der Waals surface area (Å²) >= 11 is 0.